The molecule has 1 aliphatic heterocycles. The van der Waals surface area contributed by atoms with Crippen LogP contribution in [0.4, 0.5) is 0 Å². The highest BCUT2D eigenvalue weighted by molar-refractivity contribution is 5.92. The van der Waals surface area contributed by atoms with E-state index in [1.807, 2.05) is 30.3 Å². The minimum Gasteiger partial charge on any atom is -0.347 e. The molecule has 1 fully saturated rings. The molecule has 1 saturated heterocycles. The van der Waals surface area contributed by atoms with Crippen molar-refractivity contribution >= 4 is 5.91 Å². The van der Waals surface area contributed by atoms with E-state index in [0.717, 1.165) is 25.1 Å². The second-order valence-corrected chi connectivity index (χ2v) is 4.95. The maximum atomic E-state index is 12.0. The van der Waals surface area contributed by atoms with Crippen LogP contribution in [0.15, 0.2) is 36.5 Å². The summed E-state index contributed by atoms with van der Waals surface area (Å²) in [6, 6.07) is 10.2. The van der Waals surface area contributed by atoms with Crippen LogP contribution in [0.5, 0.6) is 0 Å². The molecule has 104 valence electrons. The lowest BCUT2D eigenvalue weighted by atomic mass is 10.2. The lowest BCUT2D eigenvalue weighted by Gasteiger charge is -2.08. The van der Waals surface area contributed by atoms with Crippen LogP contribution in [-0.2, 0) is 6.54 Å². The fourth-order valence-electron chi connectivity index (χ4n) is 2.29. The zero-order valence-electron chi connectivity index (χ0n) is 11.1. The van der Waals surface area contributed by atoms with Gasteiger partial charge >= 0.3 is 0 Å². The Hall–Kier alpha value is -2.21. The molecular formula is C14H17N5O. The summed E-state index contributed by atoms with van der Waals surface area (Å²) in [5.41, 5.74) is 1.50. The lowest BCUT2D eigenvalue weighted by Crippen LogP contribution is -2.36. The molecule has 0 saturated carbocycles. The van der Waals surface area contributed by atoms with Crippen LogP contribution in [-0.4, -0.2) is 40.0 Å². The van der Waals surface area contributed by atoms with E-state index in [0.29, 0.717) is 12.2 Å². The van der Waals surface area contributed by atoms with Gasteiger partial charge < -0.3 is 10.6 Å². The van der Waals surface area contributed by atoms with Gasteiger partial charge in [-0.15, -0.1) is 5.10 Å². The van der Waals surface area contributed by atoms with Crippen LogP contribution >= 0.6 is 0 Å². The zero-order valence-corrected chi connectivity index (χ0v) is 11.1. The molecule has 0 spiro atoms. The van der Waals surface area contributed by atoms with Gasteiger partial charge in [-0.05, 0) is 18.5 Å². The van der Waals surface area contributed by atoms with Crippen LogP contribution in [0.25, 0.3) is 0 Å². The third-order valence-corrected chi connectivity index (χ3v) is 3.35. The zero-order chi connectivity index (χ0) is 13.8. The molecular weight excluding hydrogens is 254 g/mol. The van der Waals surface area contributed by atoms with Gasteiger partial charge in [-0.25, -0.2) is 4.68 Å². The topological polar surface area (TPSA) is 71.8 Å². The first-order valence-electron chi connectivity index (χ1n) is 6.77. The highest BCUT2D eigenvalue weighted by atomic mass is 16.2. The van der Waals surface area contributed by atoms with Gasteiger partial charge in [0.25, 0.3) is 5.91 Å². The minimum absolute atomic E-state index is 0.155. The summed E-state index contributed by atoms with van der Waals surface area (Å²) in [6.45, 7) is 2.39. The average Bonchev–Trinajstić information content (AvgIpc) is 3.11. The number of benzene rings is 1. The van der Waals surface area contributed by atoms with E-state index in [4.69, 9.17) is 0 Å². The van der Waals surface area contributed by atoms with Crippen molar-refractivity contribution in [1.82, 2.24) is 25.6 Å². The molecule has 1 aromatic carbocycles. The standard InChI is InChI=1S/C14H17N5O/c20-14(16-12-6-7-15-8-12)13-10-19(18-17-13)9-11-4-2-1-3-5-11/h1-5,10,12,15H,6-9H2,(H,16,20). The van der Waals surface area contributed by atoms with Gasteiger partial charge in [-0.2, -0.15) is 0 Å². The van der Waals surface area contributed by atoms with Crippen LogP contribution in [0.2, 0.25) is 0 Å². The molecule has 3 rings (SSSR count). The van der Waals surface area contributed by atoms with Crippen LogP contribution in [0.1, 0.15) is 22.5 Å². The Morgan fingerprint density at radius 1 is 1.40 bits per heavy atom. The molecule has 2 aromatic rings. The molecule has 1 unspecified atom stereocenters. The van der Waals surface area contributed by atoms with E-state index in [2.05, 4.69) is 20.9 Å². The van der Waals surface area contributed by atoms with Gasteiger partial charge in [-0.1, -0.05) is 35.5 Å². The average molecular weight is 271 g/mol. The van der Waals surface area contributed by atoms with Crippen molar-refractivity contribution in [3.05, 3.63) is 47.8 Å². The molecule has 6 heteroatoms. The number of carbonyl (C=O) groups is 1. The van der Waals surface area contributed by atoms with Gasteiger partial charge in [0, 0.05) is 12.6 Å². The number of hydrogen-bond donors (Lipinski definition) is 2. The molecule has 1 aliphatic rings. The van der Waals surface area contributed by atoms with Gasteiger partial charge in [-0.3, -0.25) is 4.79 Å². The van der Waals surface area contributed by atoms with Crippen molar-refractivity contribution in [3.8, 4) is 0 Å². The van der Waals surface area contributed by atoms with E-state index in [9.17, 15) is 4.79 Å². The summed E-state index contributed by atoms with van der Waals surface area (Å²) in [5.74, 6) is -0.155. The number of amides is 1. The van der Waals surface area contributed by atoms with E-state index < -0.39 is 0 Å². The summed E-state index contributed by atoms with van der Waals surface area (Å²) in [4.78, 5) is 12.0. The molecule has 1 atom stereocenters. The van der Waals surface area contributed by atoms with Crippen molar-refractivity contribution in [3.63, 3.8) is 0 Å². The third-order valence-electron chi connectivity index (χ3n) is 3.35. The molecule has 2 N–H and O–H groups in total. The monoisotopic (exact) mass is 271 g/mol. The number of nitrogens with zero attached hydrogens (tertiary/aromatic N) is 3. The van der Waals surface area contributed by atoms with Crippen LogP contribution in [0.3, 0.4) is 0 Å². The first-order chi connectivity index (χ1) is 9.81. The Morgan fingerprint density at radius 3 is 3.00 bits per heavy atom. The highest BCUT2D eigenvalue weighted by Crippen LogP contribution is 2.03. The summed E-state index contributed by atoms with van der Waals surface area (Å²) in [7, 11) is 0. The molecule has 0 bridgehead atoms. The number of hydrogen-bond acceptors (Lipinski definition) is 4. The number of rotatable bonds is 4. The Balaban J connectivity index is 1.62. The molecule has 1 aromatic heterocycles. The van der Waals surface area contributed by atoms with Crippen molar-refractivity contribution in [2.24, 2.45) is 0 Å². The minimum atomic E-state index is -0.155. The molecule has 1 amide bonds. The van der Waals surface area contributed by atoms with E-state index >= 15 is 0 Å². The highest BCUT2D eigenvalue weighted by Gasteiger charge is 2.19. The molecule has 0 radical (unpaired) electrons. The second-order valence-electron chi connectivity index (χ2n) is 4.95. The predicted molar refractivity (Wildman–Crippen MR) is 74.3 cm³/mol. The third kappa shape index (κ3) is 3.03. The van der Waals surface area contributed by atoms with Gasteiger partial charge in [0.15, 0.2) is 5.69 Å². The second kappa shape index (κ2) is 5.83. The van der Waals surface area contributed by atoms with Crippen LogP contribution in [0, 0.1) is 0 Å². The smallest absolute Gasteiger partial charge is 0.273 e. The van der Waals surface area contributed by atoms with E-state index in [1.165, 1.54) is 0 Å². The summed E-state index contributed by atoms with van der Waals surface area (Å²) in [5, 5.41) is 14.1. The first kappa shape index (κ1) is 12.8. The SMILES string of the molecule is O=C(NC1CCNC1)c1cn(Cc2ccccc2)nn1. The van der Waals surface area contributed by atoms with Gasteiger partial charge in [0.1, 0.15) is 0 Å². The summed E-state index contributed by atoms with van der Waals surface area (Å²) in [6.07, 6.45) is 2.65. The quantitative estimate of drug-likeness (QED) is 0.845. The summed E-state index contributed by atoms with van der Waals surface area (Å²) < 4.78 is 1.68. The Bertz CT molecular complexity index is 574. The predicted octanol–water partition coefficient (Wildman–Crippen LogP) is 0.418. The fraction of sp³-hybridized carbons (Fsp3) is 0.357. The Kier molecular flexibility index (Phi) is 3.73. The Labute approximate surface area is 117 Å². The Morgan fingerprint density at radius 2 is 2.25 bits per heavy atom. The first-order valence-corrected chi connectivity index (χ1v) is 6.77. The normalized spacial score (nSPS) is 18.1. The maximum absolute atomic E-state index is 12.0. The van der Waals surface area contributed by atoms with Crippen molar-refractivity contribution in [2.75, 3.05) is 13.1 Å². The number of carbonyl (C=O) groups excluding carboxylic acids is 1. The number of aromatic nitrogens is 3. The molecule has 0 aliphatic carbocycles. The summed E-state index contributed by atoms with van der Waals surface area (Å²) >= 11 is 0. The van der Waals surface area contributed by atoms with Crippen molar-refractivity contribution in [2.45, 2.75) is 19.0 Å². The molecule has 6 nitrogen and oxygen atoms in total. The maximum Gasteiger partial charge on any atom is 0.273 e. The lowest BCUT2D eigenvalue weighted by molar-refractivity contribution is 0.0935. The van der Waals surface area contributed by atoms with Gasteiger partial charge in [0.05, 0.1) is 12.7 Å². The largest absolute Gasteiger partial charge is 0.347 e. The fourth-order valence-corrected chi connectivity index (χ4v) is 2.29. The van der Waals surface area contributed by atoms with Crippen LogP contribution < -0.4 is 10.6 Å². The van der Waals surface area contributed by atoms with E-state index in [-0.39, 0.29) is 11.9 Å². The number of nitrogens with one attached hydrogen (secondary N) is 2. The van der Waals surface area contributed by atoms with Gasteiger partial charge in [0.2, 0.25) is 0 Å². The molecule has 2 heterocycles. The molecule has 20 heavy (non-hydrogen) atoms. The van der Waals surface area contributed by atoms with Crippen molar-refractivity contribution in [1.29, 1.82) is 0 Å². The van der Waals surface area contributed by atoms with Crippen molar-refractivity contribution < 1.29 is 4.79 Å². The van der Waals surface area contributed by atoms with E-state index in [1.54, 1.807) is 10.9 Å².